The molecule has 1 aromatic carbocycles. The highest BCUT2D eigenvalue weighted by molar-refractivity contribution is 7.86. The second kappa shape index (κ2) is 5.57. The first kappa shape index (κ1) is 17.9. The van der Waals surface area contributed by atoms with Crippen molar-refractivity contribution in [2.45, 2.75) is 43.8 Å². The molecule has 0 aliphatic carbocycles. The summed E-state index contributed by atoms with van der Waals surface area (Å²) in [5, 5.41) is 0. The molecule has 1 aliphatic rings. The Kier molecular flexibility index (Phi) is 4.34. The molecule has 0 amide bonds. The van der Waals surface area contributed by atoms with E-state index in [0.29, 0.717) is 0 Å². The van der Waals surface area contributed by atoms with Gasteiger partial charge in [-0.3, -0.25) is 0 Å². The molecular weight excluding hydrogens is 326 g/mol. The molecule has 0 aromatic heterocycles. The number of ether oxygens (including phenoxy) is 1. The summed E-state index contributed by atoms with van der Waals surface area (Å²) in [6.07, 6.45) is 0. The van der Waals surface area contributed by atoms with E-state index in [1.807, 2.05) is 27.7 Å². The maximum atomic E-state index is 13.4. The van der Waals surface area contributed by atoms with Gasteiger partial charge in [0, 0.05) is 0 Å². The Morgan fingerprint density at radius 1 is 1.13 bits per heavy atom. The van der Waals surface area contributed by atoms with Gasteiger partial charge in [-0.1, -0.05) is 0 Å². The number of carbonyl (C=O) groups is 1. The van der Waals surface area contributed by atoms with Crippen LogP contribution in [0.4, 0.5) is 3.89 Å². The zero-order valence-electron chi connectivity index (χ0n) is 13.5. The molecule has 6 nitrogen and oxygen atoms in total. The summed E-state index contributed by atoms with van der Waals surface area (Å²) in [5.41, 5.74) is -1.19. The average Bonchev–Trinajstić information content (AvgIpc) is 2.65. The summed E-state index contributed by atoms with van der Waals surface area (Å²) in [6, 6.07) is 3.36. The minimum absolute atomic E-state index is 0.101. The van der Waals surface area contributed by atoms with E-state index in [1.165, 1.54) is 6.07 Å². The fourth-order valence-electron chi connectivity index (χ4n) is 2.11. The zero-order valence-corrected chi connectivity index (χ0v) is 14.4. The molecule has 0 spiro atoms. The summed E-state index contributed by atoms with van der Waals surface area (Å²) in [7, 11) is -4.78. The second-order valence-corrected chi connectivity index (χ2v) is 7.66. The number of carbonyl (C=O) groups excluding carboxylic acids is 1. The molecule has 0 bridgehead atoms. The minimum Gasteiger partial charge on any atom is -0.465 e. The van der Waals surface area contributed by atoms with Crippen molar-refractivity contribution in [2.24, 2.45) is 0 Å². The first-order chi connectivity index (χ1) is 10.4. The van der Waals surface area contributed by atoms with Crippen molar-refractivity contribution in [3.8, 4) is 0 Å². The van der Waals surface area contributed by atoms with Crippen molar-refractivity contribution in [3.05, 3.63) is 23.8 Å². The monoisotopic (exact) mass is 344 g/mol. The van der Waals surface area contributed by atoms with E-state index < -0.39 is 39.4 Å². The Hall–Kier alpha value is -1.45. The molecule has 0 radical (unpaired) electrons. The van der Waals surface area contributed by atoms with Crippen LogP contribution in [0, 0.1) is 0 Å². The van der Waals surface area contributed by atoms with Crippen molar-refractivity contribution >= 4 is 28.8 Å². The van der Waals surface area contributed by atoms with Gasteiger partial charge in [0.2, 0.25) is 0 Å². The van der Waals surface area contributed by atoms with Gasteiger partial charge in [-0.25, -0.2) is 4.79 Å². The number of hydrogen-bond acceptors (Lipinski definition) is 6. The van der Waals surface area contributed by atoms with Crippen LogP contribution in [0.5, 0.6) is 0 Å². The van der Waals surface area contributed by atoms with Crippen molar-refractivity contribution < 1.29 is 31.1 Å². The van der Waals surface area contributed by atoms with Gasteiger partial charge >= 0.3 is 23.3 Å². The highest BCUT2D eigenvalue weighted by Crippen LogP contribution is 2.36. The molecule has 0 unspecified atom stereocenters. The lowest BCUT2D eigenvalue weighted by Crippen LogP contribution is -2.41. The molecule has 1 saturated heterocycles. The fourth-order valence-corrected chi connectivity index (χ4v) is 2.66. The van der Waals surface area contributed by atoms with Crippen molar-refractivity contribution in [1.82, 2.24) is 0 Å². The first-order valence-corrected chi connectivity index (χ1v) is 8.29. The van der Waals surface area contributed by atoms with E-state index in [9.17, 15) is 17.1 Å². The van der Waals surface area contributed by atoms with E-state index in [1.54, 1.807) is 0 Å². The van der Waals surface area contributed by atoms with Crippen molar-refractivity contribution in [3.63, 3.8) is 0 Å². The van der Waals surface area contributed by atoms with Crippen LogP contribution < -0.4 is 5.46 Å². The van der Waals surface area contributed by atoms with Crippen LogP contribution >= 0.6 is 0 Å². The molecule has 1 fully saturated rings. The molecule has 1 heterocycles. The Labute approximate surface area is 135 Å². The van der Waals surface area contributed by atoms with Gasteiger partial charge in [-0.2, -0.15) is 8.42 Å². The average molecular weight is 344 g/mol. The zero-order chi connectivity index (χ0) is 17.6. The molecular formula is C14H18BFO6S. The number of benzene rings is 1. The van der Waals surface area contributed by atoms with E-state index in [4.69, 9.17) is 9.31 Å². The lowest BCUT2D eigenvalue weighted by molar-refractivity contribution is 0.00578. The van der Waals surface area contributed by atoms with Gasteiger partial charge in [-0.15, -0.1) is 3.89 Å². The third-order valence-electron chi connectivity index (χ3n) is 4.16. The Morgan fingerprint density at radius 2 is 1.65 bits per heavy atom. The largest absolute Gasteiger partial charge is 0.494 e. The van der Waals surface area contributed by atoms with Crippen LogP contribution in [0.2, 0.25) is 0 Å². The summed E-state index contributed by atoms with van der Waals surface area (Å²) in [5.74, 6) is -0.784. The lowest BCUT2D eigenvalue weighted by atomic mass is 9.78. The molecule has 2 rings (SSSR count). The minimum atomic E-state index is -5.00. The fraction of sp³-hybridized carbons (Fsp3) is 0.500. The van der Waals surface area contributed by atoms with E-state index in [-0.39, 0.29) is 11.0 Å². The summed E-state index contributed by atoms with van der Waals surface area (Å²) < 4.78 is 52.0. The molecule has 1 aromatic rings. The van der Waals surface area contributed by atoms with Crippen molar-refractivity contribution in [2.75, 3.05) is 7.11 Å². The number of hydrogen-bond donors (Lipinski definition) is 0. The predicted molar refractivity (Wildman–Crippen MR) is 81.8 cm³/mol. The predicted octanol–water partition coefficient (Wildman–Crippen LogP) is 1.43. The molecule has 23 heavy (non-hydrogen) atoms. The maximum absolute atomic E-state index is 13.4. The Balaban J connectivity index is 2.53. The van der Waals surface area contributed by atoms with Crippen LogP contribution in [-0.4, -0.2) is 39.8 Å². The third kappa shape index (κ3) is 3.41. The third-order valence-corrected chi connectivity index (χ3v) is 4.96. The van der Waals surface area contributed by atoms with Gasteiger partial charge in [-0.05, 0) is 51.4 Å². The summed E-state index contributed by atoms with van der Waals surface area (Å²) in [4.78, 5) is 11.0. The molecule has 1 aliphatic heterocycles. The van der Waals surface area contributed by atoms with Gasteiger partial charge < -0.3 is 14.0 Å². The number of esters is 1. The van der Waals surface area contributed by atoms with Crippen LogP contribution in [0.25, 0.3) is 0 Å². The number of methoxy groups -OCH3 is 1. The maximum Gasteiger partial charge on any atom is 0.494 e. The second-order valence-electron chi connectivity index (χ2n) is 6.31. The number of halogens is 1. The summed E-state index contributed by atoms with van der Waals surface area (Å²) in [6.45, 7) is 7.29. The standard InChI is InChI=1S/C14H18BFO6S/c1-13(2)14(3,4)22-15(21-13)10-6-9(12(17)20-5)7-11(8-10)23(16,18)19/h6-8H,1-5H3. The van der Waals surface area contributed by atoms with Gasteiger partial charge in [0.15, 0.2) is 0 Å². The van der Waals surface area contributed by atoms with Gasteiger partial charge in [0.05, 0.1) is 28.8 Å². The van der Waals surface area contributed by atoms with E-state index in [2.05, 4.69) is 4.74 Å². The van der Waals surface area contributed by atoms with Crippen LogP contribution in [0.3, 0.4) is 0 Å². The topological polar surface area (TPSA) is 78.9 Å². The van der Waals surface area contributed by atoms with Crippen LogP contribution in [0.1, 0.15) is 38.1 Å². The highest BCUT2D eigenvalue weighted by atomic mass is 32.3. The van der Waals surface area contributed by atoms with Gasteiger partial charge in [0.25, 0.3) is 0 Å². The molecule has 0 saturated carbocycles. The van der Waals surface area contributed by atoms with Crippen molar-refractivity contribution in [1.29, 1.82) is 0 Å². The number of rotatable bonds is 3. The molecule has 9 heteroatoms. The first-order valence-electron chi connectivity index (χ1n) is 6.91. The Bertz CT molecular complexity index is 728. The smallest absolute Gasteiger partial charge is 0.465 e. The van der Waals surface area contributed by atoms with Crippen LogP contribution in [0.15, 0.2) is 23.1 Å². The van der Waals surface area contributed by atoms with Gasteiger partial charge in [0.1, 0.15) is 0 Å². The normalized spacial score (nSPS) is 19.7. The van der Waals surface area contributed by atoms with Crippen LogP contribution in [-0.2, 0) is 24.3 Å². The molecule has 0 N–H and O–H groups in total. The van der Waals surface area contributed by atoms with E-state index in [0.717, 1.165) is 19.2 Å². The molecule has 126 valence electrons. The highest BCUT2D eigenvalue weighted by Gasteiger charge is 2.52. The van der Waals surface area contributed by atoms with E-state index >= 15 is 0 Å². The quantitative estimate of drug-likeness (QED) is 0.469. The Morgan fingerprint density at radius 3 is 2.09 bits per heavy atom. The SMILES string of the molecule is COC(=O)c1cc(B2OC(C)(C)C(C)(C)O2)cc(S(=O)(=O)F)c1. The lowest BCUT2D eigenvalue weighted by Gasteiger charge is -2.32. The summed E-state index contributed by atoms with van der Waals surface area (Å²) >= 11 is 0. The molecule has 0 atom stereocenters.